The Morgan fingerprint density at radius 1 is 1.40 bits per heavy atom. The number of rotatable bonds is 4. The molecule has 0 amide bonds. The SMILES string of the molecule is CCOC(=O)[C@@H](O)c1ccccc1CC. The molecule has 1 rings (SSSR count). The van der Waals surface area contributed by atoms with E-state index in [0.717, 1.165) is 12.0 Å². The van der Waals surface area contributed by atoms with Gasteiger partial charge in [-0.1, -0.05) is 31.2 Å². The topological polar surface area (TPSA) is 46.5 Å². The van der Waals surface area contributed by atoms with Crippen molar-refractivity contribution in [2.45, 2.75) is 26.4 Å². The summed E-state index contributed by atoms with van der Waals surface area (Å²) in [7, 11) is 0. The smallest absolute Gasteiger partial charge is 0.339 e. The van der Waals surface area contributed by atoms with Gasteiger partial charge in [0.2, 0.25) is 0 Å². The highest BCUT2D eigenvalue weighted by Crippen LogP contribution is 2.19. The van der Waals surface area contributed by atoms with Gasteiger partial charge in [0.05, 0.1) is 6.61 Å². The third-order valence-corrected chi connectivity index (χ3v) is 2.24. The van der Waals surface area contributed by atoms with Crippen molar-refractivity contribution in [1.82, 2.24) is 0 Å². The average Bonchev–Trinajstić information content (AvgIpc) is 2.28. The van der Waals surface area contributed by atoms with Crippen LogP contribution in [0.5, 0.6) is 0 Å². The lowest BCUT2D eigenvalue weighted by molar-refractivity contribution is -0.153. The van der Waals surface area contributed by atoms with E-state index >= 15 is 0 Å². The molecule has 1 aromatic rings. The van der Waals surface area contributed by atoms with Crippen molar-refractivity contribution in [2.75, 3.05) is 6.61 Å². The number of carbonyl (C=O) groups excluding carboxylic acids is 1. The number of esters is 1. The second kappa shape index (κ2) is 5.51. The molecule has 0 saturated heterocycles. The Hall–Kier alpha value is -1.35. The molecule has 1 atom stereocenters. The summed E-state index contributed by atoms with van der Waals surface area (Å²) < 4.78 is 4.77. The molecule has 0 saturated carbocycles. The fourth-order valence-electron chi connectivity index (χ4n) is 1.47. The minimum atomic E-state index is -1.17. The molecule has 0 heterocycles. The van der Waals surface area contributed by atoms with E-state index in [4.69, 9.17) is 4.74 Å². The Morgan fingerprint density at radius 2 is 2.07 bits per heavy atom. The maximum absolute atomic E-state index is 11.3. The Bertz CT molecular complexity index is 333. The molecular weight excluding hydrogens is 192 g/mol. The molecule has 0 radical (unpaired) electrons. The lowest BCUT2D eigenvalue weighted by Crippen LogP contribution is -2.16. The first-order chi connectivity index (χ1) is 7.20. The largest absolute Gasteiger partial charge is 0.464 e. The summed E-state index contributed by atoms with van der Waals surface area (Å²) in [5.41, 5.74) is 1.61. The molecule has 3 nitrogen and oxygen atoms in total. The van der Waals surface area contributed by atoms with E-state index in [-0.39, 0.29) is 6.61 Å². The van der Waals surface area contributed by atoms with Crippen LogP contribution in [0.3, 0.4) is 0 Å². The van der Waals surface area contributed by atoms with Gasteiger partial charge in [-0.3, -0.25) is 0 Å². The van der Waals surface area contributed by atoms with Crippen molar-refractivity contribution in [1.29, 1.82) is 0 Å². The van der Waals surface area contributed by atoms with Crippen molar-refractivity contribution < 1.29 is 14.6 Å². The first kappa shape index (κ1) is 11.7. The Labute approximate surface area is 89.7 Å². The minimum absolute atomic E-state index is 0.282. The van der Waals surface area contributed by atoms with Gasteiger partial charge in [-0.15, -0.1) is 0 Å². The Morgan fingerprint density at radius 3 is 2.67 bits per heavy atom. The number of carbonyl (C=O) groups is 1. The van der Waals surface area contributed by atoms with Crippen LogP contribution in [0, 0.1) is 0 Å². The van der Waals surface area contributed by atoms with Crippen LogP contribution in [0.4, 0.5) is 0 Å². The van der Waals surface area contributed by atoms with E-state index < -0.39 is 12.1 Å². The van der Waals surface area contributed by atoms with Gasteiger partial charge in [-0.25, -0.2) is 4.79 Å². The number of benzene rings is 1. The number of ether oxygens (including phenoxy) is 1. The molecule has 1 aromatic carbocycles. The molecule has 0 unspecified atom stereocenters. The fraction of sp³-hybridized carbons (Fsp3) is 0.417. The standard InChI is InChI=1S/C12H16O3/c1-3-9-7-5-6-8-10(9)11(13)12(14)15-4-2/h5-8,11,13H,3-4H2,1-2H3/t11-/m0/s1. The van der Waals surface area contributed by atoms with Crippen molar-refractivity contribution in [3.63, 3.8) is 0 Å². The normalized spacial score (nSPS) is 12.2. The molecule has 0 fully saturated rings. The number of aliphatic hydroxyl groups excluding tert-OH is 1. The van der Waals surface area contributed by atoms with Crippen LogP contribution in [0.15, 0.2) is 24.3 Å². The summed E-state index contributed by atoms with van der Waals surface area (Å²) in [6.45, 7) is 3.98. The molecular formula is C12H16O3. The fourth-order valence-corrected chi connectivity index (χ4v) is 1.47. The highest BCUT2D eigenvalue weighted by molar-refractivity contribution is 5.76. The molecule has 0 bridgehead atoms. The van der Waals surface area contributed by atoms with Crippen molar-refractivity contribution in [2.24, 2.45) is 0 Å². The average molecular weight is 208 g/mol. The molecule has 1 N–H and O–H groups in total. The minimum Gasteiger partial charge on any atom is -0.464 e. The van der Waals surface area contributed by atoms with Crippen LogP contribution in [-0.4, -0.2) is 17.7 Å². The van der Waals surface area contributed by atoms with Gasteiger partial charge < -0.3 is 9.84 Å². The van der Waals surface area contributed by atoms with Gasteiger partial charge in [0.1, 0.15) is 0 Å². The van der Waals surface area contributed by atoms with Crippen LogP contribution in [0.1, 0.15) is 31.1 Å². The molecule has 0 aliphatic heterocycles. The van der Waals surface area contributed by atoms with E-state index in [1.807, 2.05) is 19.1 Å². The summed E-state index contributed by atoms with van der Waals surface area (Å²) in [5, 5.41) is 9.76. The predicted molar refractivity (Wildman–Crippen MR) is 57.4 cm³/mol. The molecule has 0 aromatic heterocycles. The second-order valence-electron chi connectivity index (χ2n) is 3.21. The molecule has 82 valence electrons. The van der Waals surface area contributed by atoms with Crippen LogP contribution < -0.4 is 0 Å². The zero-order chi connectivity index (χ0) is 11.3. The molecule has 3 heteroatoms. The number of hydrogen-bond acceptors (Lipinski definition) is 3. The number of aliphatic hydroxyl groups is 1. The summed E-state index contributed by atoms with van der Waals surface area (Å²) in [4.78, 5) is 11.3. The van der Waals surface area contributed by atoms with Gasteiger partial charge in [0.25, 0.3) is 0 Å². The van der Waals surface area contributed by atoms with Crippen LogP contribution in [0.25, 0.3) is 0 Å². The van der Waals surface area contributed by atoms with Gasteiger partial charge in [0.15, 0.2) is 6.10 Å². The van der Waals surface area contributed by atoms with E-state index in [1.54, 1.807) is 19.1 Å². The monoisotopic (exact) mass is 208 g/mol. The van der Waals surface area contributed by atoms with Gasteiger partial charge in [-0.05, 0) is 24.5 Å². The maximum Gasteiger partial charge on any atom is 0.339 e. The Kier molecular flexibility index (Phi) is 4.31. The summed E-state index contributed by atoms with van der Waals surface area (Å²) in [5.74, 6) is -0.585. The van der Waals surface area contributed by atoms with Crippen molar-refractivity contribution in [3.8, 4) is 0 Å². The zero-order valence-corrected chi connectivity index (χ0v) is 9.06. The lowest BCUT2D eigenvalue weighted by Gasteiger charge is -2.13. The van der Waals surface area contributed by atoms with Crippen molar-refractivity contribution in [3.05, 3.63) is 35.4 Å². The zero-order valence-electron chi connectivity index (χ0n) is 9.06. The highest BCUT2D eigenvalue weighted by atomic mass is 16.5. The molecule has 0 aliphatic rings. The van der Waals surface area contributed by atoms with Crippen LogP contribution >= 0.6 is 0 Å². The van der Waals surface area contributed by atoms with Gasteiger partial charge in [-0.2, -0.15) is 0 Å². The Balaban J connectivity index is 2.89. The first-order valence-corrected chi connectivity index (χ1v) is 5.13. The third kappa shape index (κ3) is 2.80. The number of hydrogen-bond donors (Lipinski definition) is 1. The van der Waals surface area contributed by atoms with E-state index in [0.29, 0.717) is 5.56 Å². The summed E-state index contributed by atoms with van der Waals surface area (Å²) in [6.07, 6.45) is -0.381. The maximum atomic E-state index is 11.3. The van der Waals surface area contributed by atoms with E-state index in [2.05, 4.69) is 0 Å². The first-order valence-electron chi connectivity index (χ1n) is 5.13. The molecule has 0 spiro atoms. The lowest BCUT2D eigenvalue weighted by atomic mass is 10.0. The molecule has 15 heavy (non-hydrogen) atoms. The van der Waals surface area contributed by atoms with Crippen LogP contribution in [0.2, 0.25) is 0 Å². The quantitative estimate of drug-likeness (QED) is 0.768. The van der Waals surface area contributed by atoms with E-state index in [1.165, 1.54) is 0 Å². The molecule has 0 aliphatic carbocycles. The highest BCUT2D eigenvalue weighted by Gasteiger charge is 2.20. The van der Waals surface area contributed by atoms with E-state index in [9.17, 15) is 9.90 Å². The summed E-state index contributed by atoms with van der Waals surface area (Å²) >= 11 is 0. The van der Waals surface area contributed by atoms with Gasteiger partial charge >= 0.3 is 5.97 Å². The van der Waals surface area contributed by atoms with Crippen LogP contribution in [-0.2, 0) is 16.0 Å². The van der Waals surface area contributed by atoms with Gasteiger partial charge in [0, 0.05) is 0 Å². The summed E-state index contributed by atoms with van der Waals surface area (Å²) in [6, 6.07) is 7.34. The van der Waals surface area contributed by atoms with Crippen molar-refractivity contribution >= 4 is 5.97 Å². The number of aryl methyl sites for hydroxylation is 1. The third-order valence-electron chi connectivity index (χ3n) is 2.24. The second-order valence-corrected chi connectivity index (χ2v) is 3.21. The predicted octanol–water partition coefficient (Wildman–Crippen LogP) is 1.85.